The van der Waals surface area contributed by atoms with E-state index in [0.29, 0.717) is 28.8 Å². The van der Waals surface area contributed by atoms with E-state index >= 15 is 0 Å². The van der Waals surface area contributed by atoms with Gasteiger partial charge in [-0.2, -0.15) is 0 Å². The highest BCUT2D eigenvalue weighted by atomic mass is 35.5. The van der Waals surface area contributed by atoms with Crippen LogP contribution in [0.3, 0.4) is 0 Å². The van der Waals surface area contributed by atoms with Gasteiger partial charge in [0.25, 0.3) is 0 Å². The average molecular weight is 379 g/mol. The minimum absolute atomic E-state index is 0.135. The van der Waals surface area contributed by atoms with Crippen LogP contribution in [0.5, 0.6) is 11.5 Å². The van der Waals surface area contributed by atoms with Crippen molar-refractivity contribution in [3.8, 4) is 11.5 Å². The van der Waals surface area contributed by atoms with E-state index in [-0.39, 0.29) is 11.4 Å². The average Bonchev–Trinajstić information content (AvgIpc) is 3.10. The Labute approximate surface area is 156 Å². The molecular formula is C18H19ClN2O3S. The van der Waals surface area contributed by atoms with Crippen LogP contribution < -0.4 is 14.8 Å². The molecule has 0 aliphatic carbocycles. The van der Waals surface area contributed by atoms with Crippen molar-refractivity contribution in [1.82, 2.24) is 4.90 Å². The number of thioether (sulfide) groups is 1. The maximum absolute atomic E-state index is 12.8. The molecule has 0 bridgehead atoms. The van der Waals surface area contributed by atoms with E-state index in [1.54, 1.807) is 49.1 Å². The van der Waals surface area contributed by atoms with Crippen molar-refractivity contribution in [1.29, 1.82) is 0 Å². The van der Waals surface area contributed by atoms with Gasteiger partial charge in [0, 0.05) is 28.6 Å². The topological polar surface area (TPSA) is 50.8 Å². The molecule has 5 nitrogen and oxygen atoms in total. The predicted octanol–water partition coefficient (Wildman–Crippen LogP) is 4.64. The van der Waals surface area contributed by atoms with Gasteiger partial charge in [-0.3, -0.25) is 0 Å². The van der Waals surface area contributed by atoms with Gasteiger partial charge in [-0.25, -0.2) is 4.79 Å². The molecule has 2 aromatic carbocycles. The van der Waals surface area contributed by atoms with Gasteiger partial charge in [-0.15, -0.1) is 11.8 Å². The highest BCUT2D eigenvalue weighted by Gasteiger charge is 2.33. The first-order valence-electron chi connectivity index (χ1n) is 7.79. The number of rotatable bonds is 4. The molecule has 1 heterocycles. The number of amides is 2. The number of carbonyl (C=O) groups excluding carboxylic acids is 1. The van der Waals surface area contributed by atoms with E-state index < -0.39 is 0 Å². The molecule has 1 aliphatic rings. The van der Waals surface area contributed by atoms with Crippen molar-refractivity contribution in [2.24, 2.45) is 0 Å². The molecule has 132 valence electrons. The molecule has 2 amide bonds. The number of hydrogen-bond acceptors (Lipinski definition) is 4. The molecule has 0 spiro atoms. The first-order valence-corrected chi connectivity index (χ1v) is 9.22. The number of para-hydroxylation sites is 1. The molecule has 3 rings (SSSR count). The molecule has 0 aromatic heterocycles. The van der Waals surface area contributed by atoms with Crippen molar-refractivity contribution in [2.75, 3.05) is 31.8 Å². The van der Waals surface area contributed by atoms with Crippen LogP contribution >= 0.6 is 23.4 Å². The zero-order chi connectivity index (χ0) is 17.8. The maximum atomic E-state index is 12.8. The second kappa shape index (κ2) is 7.89. The van der Waals surface area contributed by atoms with Crippen LogP contribution in [0.1, 0.15) is 10.9 Å². The molecule has 0 saturated carbocycles. The van der Waals surface area contributed by atoms with E-state index in [1.807, 2.05) is 24.3 Å². The standard InChI is InChI=1S/C18H19ClN2O3S/c1-23-15-8-4-7-14(16(15)24-2)17-21(9-10-25-17)18(22)20-13-6-3-5-12(19)11-13/h3-8,11,17H,9-10H2,1-2H3,(H,20,22). The van der Waals surface area contributed by atoms with E-state index in [1.165, 1.54) is 0 Å². The number of halogens is 1. The summed E-state index contributed by atoms with van der Waals surface area (Å²) in [6, 6.07) is 12.7. The molecule has 1 unspecified atom stereocenters. The molecule has 0 radical (unpaired) electrons. The van der Waals surface area contributed by atoms with Gasteiger partial charge in [-0.05, 0) is 24.3 Å². The number of methoxy groups -OCH3 is 2. The Morgan fingerprint density at radius 1 is 1.24 bits per heavy atom. The van der Waals surface area contributed by atoms with Crippen LogP contribution in [-0.4, -0.2) is 37.4 Å². The van der Waals surface area contributed by atoms with Gasteiger partial charge in [0.2, 0.25) is 0 Å². The summed E-state index contributed by atoms with van der Waals surface area (Å²) in [5.41, 5.74) is 1.59. The maximum Gasteiger partial charge on any atom is 0.323 e. The van der Waals surface area contributed by atoms with Crippen molar-refractivity contribution in [3.05, 3.63) is 53.1 Å². The first-order chi connectivity index (χ1) is 12.1. The fourth-order valence-electron chi connectivity index (χ4n) is 2.80. The van der Waals surface area contributed by atoms with Gasteiger partial charge < -0.3 is 19.7 Å². The minimum atomic E-state index is -0.165. The van der Waals surface area contributed by atoms with Gasteiger partial charge >= 0.3 is 6.03 Å². The summed E-state index contributed by atoms with van der Waals surface area (Å²) in [5.74, 6) is 2.17. The smallest absolute Gasteiger partial charge is 0.323 e. The number of urea groups is 1. The lowest BCUT2D eigenvalue weighted by Gasteiger charge is -2.26. The van der Waals surface area contributed by atoms with Gasteiger partial charge in [0.05, 0.1) is 14.2 Å². The van der Waals surface area contributed by atoms with E-state index in [2.05, 4.69) is 5.32 Å². The van der Waals surface area contributed by atoms with Crippen LogP contribution in [0.2, 0.25) is 5.02 Å². The Balaban J connectivity index is 1.84. The summed E-state index contributed by atoms with van der Waals surface area (Å²) in [6.45, 7) is 0.655. The molecule has 25 heavy (non-hydrogen) atoms. The zero-order valence-corrected chi connectivity index (χ0v) is 15.6. The number of anilines is 1. The number of nitrogens with one attached hydrogen (secondary N) is 1. The van der Waals surface area contributed by atoms with E-state index in [9.17, 15) is 4.79 Å². The van der Waals surface area contributed by atoms with Gasteiger partial charge in [0.1, 0.15) is 5.37 Å². The van der Waals surface area contributed by atoms with Crippen molar-refractivity contribution < 1.29 is 14.3 Å². The molecule has 2 aromatic rings. The lowest BCUT2D eigenvalue weighted by atomic mass is 10.1. The SMILES string of the molecule is COc1cccc(C2SCCN2C(=O)Nc2cccc(Cl)c2)c1OC. The van der Waals surface area contributed by atoms with Crippen LogP contribution in [0.4, 0.5) is 10.5 Å². The molecular weight excluding hydrogens is 360 g/mol. The van der Waals surface area contributed by atoms with Gasteiger partial charge in [-0.1, -0.05) is 29.8 Å². The molecule has 1 atom stereocenters. The highest BCUT2D eigenvalue weighted by Crippen LogP contribution is 2.45. The summed E-state index contributed by atoms with van der Waals surface area (Å²) in [6.07, 6.45) is 0. The molecule has 1 aliphatic heterocycles. The van der Waals surface area contributed by atoms with Gasteiger partial charge in [0.15, 0.2) is 11.5 Å². The number of nitrogens with zero attached hydrogens (tertiary/aromatic N) is 1. The van der Waals surface area contributed by atoms with E-state index in [0.717, 1.165) is 11.3 Å². The van der Waals surface area contributed by atoms with Crippen LogP contribution in [0, 0.1) is 0 Å². The second-order valence-electron chi connectivity index (χ2n) is 5.44. The largest absolute Gasteiger partial charge is 0.493 e. The lowest BCUT2D eigenvalue weighted by Crippen LogP contribution is -2.34. The van der Waals surface area contributed by atoms with Crippen molar-refractivity contribution >= 4 is 35.1 Å². The zero-order valence-electron chi connectivity index (χ0n) is 14.0. The Morgan fingerprint density at radius 2 is 2.04 bits per heavy atom. The Bertz CT molecular complexity index is 772. The number of carbonyl (C=O) groups is 1. The Kier molecular flexibility index (Phi) is 5.60. The van der Waals surface area contributed by atoms with Crippen molar-refractivity contribution in [2.45, 2.75) is 5.37 Å². The Morgan fingerprint density at radius 3 is 2.76 bits per heavy atom. The normalized spacial score (nSPS) is 16.6. The van der Waals surface area contributed by atoms with Crippen LogP contribution in [0.15, 0.2) is 42.5 Å². The number of hydrogen-bond donors (Lipinski definition) is 1. The third-order valence-electron chi connectivity index (χ3n) is 3.93. The van der Waals surface area contributed by atoms with Crippen LogP contribution in [0.25, 0.3) is 0 Å². The second-order valence-corrected chi connectivity index (χ2v) is 7.06. The summed E-state index contributed by atoms with van der Waals surface area (Å²) >= 11 is 7.68. The Hall–Kier alpha value is -2.05. The summed E-state index contributed by atoms with van der Waals surface area (Å²) in [7, 11) is 3.21. The highest BCUT2D eigenvalue weighted by molar-refractivity contribution is 7.99. The third-order valence-corrected chi connectivity index (χ3v) is 5.40. The molecule has 7 heteroatoms. The quantitative estimate of drug-likeness (QED) is 0.842. The number of benzene rings is 2. The lowest BCUT2D eigenvalue weighted by molar-refractivity contribution is 0.213. The summed E-state index contributed by atoms with van der Waals surface area (Å²) in [5, 5.41) is 3.36. The first kappa shape index (κ1) is 17.8. The molecule has 1 N–H and O–H groups in total. The molecule has 1 saturated heterocycles. The fourth-order valence-corrected chi connectivity index (χ4v) is 4.27. The fraction of sp³-hybridized carbons (Fsp3) is 0.278. The minimum Gasteiger partial charge on any atom is -0.493 e. The monoisotopic (exact) mass is 378 g/mol. The predicted molar refractivity (Wildman–Crippen MR) is 102 cm³/mol. The third kappa shape index (κ3) is 3.80. The summed E-state index contributed by atoms with van der Waals surface area (Å²) < 4.78 is 10.9. The summed E-state index contributed by atoms with van der Waals surface area (Å²) in [4.78, 5) is 14.5. The van der Waals surface area contributed by atoms with E-state index in [4.69, 9.17) is 21.1 Å². The van der Waals surface area contributed by atoms with Crippen molar-refractivity contribution in [3.63, 3.8) is 0 Å². The van der Waals surface area contributed by atoms with Crippen LogP contribution in [-0.2, 0) is 0 Å². The number of ether oxygens (including phenoxy) is 2. The molecule has 1 fully saturated rings.